The third-order valence-electron chi connectivity index (χ3n) is 3.78. The predicted molar refractivity (Wildman–Crippen MR) is 70.2 cm³/mol. The van der Waals surface area contributed by atoms with Crippen LogP contribution in [0, 0.1) is 0 Å². The molecule has 1 aliphatic heterocycles. The molecule has 0 spiro atoms. The maximum absolute atomic E-state index is 10.2. The highest BCUT2D eigenvalue weighted by Gasteiger charge is 2.63. The summed E-state index contributed by atoms with van der Waals surface area (Å²) in [6.07, 6.45) is -3.69. The first-order valence-corrected chi connectivity index (χ1v) is 6.32. The molecule has 7 nitrogen and oxygen atoms in total. The van der Waals surface area contributed by atoms with Gasteiger partial charge in [0.15, 0.2) is 6.10 Å². The van der Waals surface area contributed by atoms with E-state index >= 15 is 0 Å². The summed E-state index contributed by atoms with van der Waals surface area (Å²) in [4.78, 5) is 4.12. The second-order valence-electron chi connectivity index (χ2n) is 5.04. The number of ether oxygens (including phenoxy) is 1. The minimum Gasteiger partial charge on any atom is -0.456 e. The molecule has 7 heteroatoms. The minimum atomic E-state index is -1.90. The van der Waals surface area contributed by atoms with Gasteiger partial charge in [-0.2, -0.15) is 0 Å². The van der Waals surface area contributed by atoms with Crippen LogP contribution in [0.4, 0.5) is 5.69 Å². The molecule has 1 aliphatic carbocycles. The van der Waals surface area contributed by atoms with Gasteiger partial charge in [-0.3, -0.25) is 0 Å². The average molecular weight is 280 g/mol. The number of hydrogen-bond acceptors (Lipinski definition) is 7. The van der Waals surface area contributed by atoms with Crippen LogP contribution in [-0.2, 0) is 4.74 Å². The van der Waals surface area contributed by atoms with Gasteiger partial charge in [0.2, 0.25) is 0 Å². The van der Waals surface area contributed by atoms with E-state index < -0.39 is 36.6 Å². The van der Waals surface area contributed by atoms with Crippen LogP contribution >= 0.6 is 0 Å². The van der Waals surface area contributed by atoms with E-state index in [9.17, 15) is 20.4 Å². The third kappa shape index (κ3) is 1.87. The lowest BCUT2D eigenvalue weighted by Crippen LogP contribution is -2.50. The number of benzene rings is 1. The summed E-state index contributed by atoms with van der Waals surface area (Å²) in [6, 6.07) is 8.38. The van der Waals surface area contributed by atoms with Gasteiger partial charge in [0.25, 0.3) is 6.02 Å². The Balaban J connectivity index is 1.82. The number of amidine groups is 1. The Labute approximate surface area is 115 Å². The van der Waals surface area contributed by atoms with Crippen LogP contribution in [0.25, 0.3) is 0 Å². The van der Waals surface area contributed by atoms with Crippen LogP contribution in [0.2, 0.25) is 0 Å². The number of nitrogens with one attached hydrogen (secondary N) is 1. The summed E-state index contributed by atoms with van der Waals surface area (Å²) in [7, 11) is 0. The molecule has 2 aliphatic rings. The monoisotopic (exact) mass is 280 g/mol. The SMILES string of the molecule is OC[C@@]1(O)[C@H](O)[C@H](O)[C@@H]2OC(Nc3ccccc3)=N[C@@H]21. The van der Waals surface area contributed by atoms with Crippen molar-refractivity contribution in [1.82, 2.24) is 0 Å². The number of hydrogen-bond donors (Lipinski definition) is 5. The van der Waals surface area contributed by atoms with Gasteiger partial charge in [0.1, 0.15) is 23.9 Å². The Kier molecular flexibility index (Phi) is 3.14. The number of aliphatic hydroxyl groups is 4. The highest BCUT2D eigenvalue weighted by molar-refractivity contribution is 5.90. The first-order valence-electron chi connectivity index (χ1n) is 6.32. The van der Waals surface area contributed by atoms with Crippen LogP contribution in [0.15, 0.2) is 35.3 Å². The van der Waals surface area contributed by atoms with E-state index in [1.807, 2.05) is 30.3 Å². The number of rotatable bonds is 2. The summed E-state index contributed by atoms with van der Waals surface area (Å²) < 4.78 is 5.43. The Hall–Kier alpha value is -1.67. The number of anilines is 1. The number of para-hydroxylation sites is 1. The van der Waals surface area contributed by atoms with Gasteiger partial charge in [-0.15, -0.1) is 0 Å². The second kappa shape index (κ2) is 4.71. The first-order chi connectivity index (χ1) is 9.56. The minimum absolute atomic E-state index is 0.143. The third-order valence-corrected chi connectivity index (χ3v) is 3.78. The van der Waals surface area contributed by atoms with Gasteiger partial charge < -0.3 is 30.5 Å². The van der Waals surface area contributed by atoms with Crippen molar-refractivity contribution < 1.29 is 25.2 Å². The van der Waals surface area contributed by atoms with Gasteiger partial charge in [0, 0.05) is 5.69 Å². The van der Waals surface area contributed by atoms with E-state index in [4.69, 9.17) is 4.74 Å². The number of fused-ring (bicyclic) bond motifs is 1. The standard InChI is InChI=1S/C13H16N2O5/c16-6-13(19)10-9(8(17)11(13)18)20-12(15-10)14-7-4-2-1-3-5-7/h1-5,8-11,16-19H,6H2,(H,14,15)/t8-,9+,10+,11-,13+/m1/s1. The summed E-state index contributed by atoms with van der Waals surface area (Å²) in [5, 5.41) is 42.0. The highest BCUT2D eigenvalue weighted by atomic mass is 16.5. The first kappa shape index (κ1) is 13.3. The van der Waals surface area contributed by atoms with E-state index in [1.54, 1.807) is 0 Å². The fourth-order valence-electron chi connectivity index (χ4n) is 2.62. The van der Waals surface area contributed by atoms with Crippen molar-refractivity contribution in [2.24, 2.45) is 4.99 Å². The molecule has 0 radical (unpaired) electrons. The molecule has 1 aromatic rings. The highest BCUT2D eigenvalue weighted by Crippen LogP contribution is 2.38. The molecule has 108 valence electrons. The molecule has 0 saturated heterocycles. The molecule has 0 aromatic heterocycles. The molecule has 5 N–H and O–H groups in total. The predicted octanol–water partition coefficient (Wildman–Crippen LogP) is -1.32. The fraction of sp³-hybridized carbons (Fsp3) is 0.462. The van der Waals surface area contributed by atoms with Crippen molar-refractivity contribution >= 4 is 11.7 Å². The number of nitrogens with zero attached hydrogens (tertiary/aromatic N) is 1. The average Bonchev–Trinajstić information content (AvgIpc) is 2.96. The Morgan fingerprint density at radius 1 is 1.25 bits per heavy atom. The van der Waals surface area contributed by atoms with E-state index in [-0.39, 0.29) is 6.02 Å². The van der Waals surface area contributed by atoms with Crippen molar-refractivity contribution in [2.45, 2.75) is 30.0 Å². The van der Waals surface area contributed by atoms with Crippen LogP contribution in [0.1, 0.15) is 0 Å². The lowest BCUT2D eigenvalue weighted by Gasteiger charge is -2.27. The number of aliphatic imine (C=N–C) groups is 1. The molecule has 1 aromatic carbocycles. The molecule has 0 bridgehead atoms. The molecular weight excluding hydrogens is 264 g/mol. The smallest absolute Gasteiger partial charge is 0.290 e. The summed E-state index contributed by atoms with van der Waals surface area (Å²) in [6.45, 7) is -0.710. The molecule has 0 amide bonds. The quantitative estimate of drug-likeness (QED) is 0.459. The largest absolute Gasteiger partial charge is 0.456 e. The molecule has 3 rings (SSSR count). The van der Waals surface area contributed by atoms with Crippen LogP contribution in [0.3, 0.4) is 0 Å². The Morgan fingerprint density at radius 3 is 2.60 bits per heavy atom. The van der Waals surface area contributed by atoms with E-state index in [0.29, 0.717) is 0 Å². The van der Waals surface area contributed by atoms with E-state index in [1.165, 1.54) is 0 Å². The lowest BCUT2D eigenvalue weighted by atomic mass is 9.97. The van der Waals surface area contributed by atoms with Gasteiger partial charge in [-0.05, 0) is 12.1 Å². The summed E-state index contributed by atoms with van der Waals surface area (Å²) >= 11 is 0. The zero-order valence-electron chi connectivity index (χ0n) is 10.5. The van der Waals surface area contributed by atoms with E-state index in [2.05, 4.69) is 10.3 Å². The Bertz CT molecular complexity index is 523. The lowest BCUT2D eigenvalue weighted by molar-refractivity contribution is -0.117. The molecule has 20 heavy (non-hydrogen) atoms. The molecule has 1 fully saturated rings. The van der Waals surface area contributed by atoms with Crippen LogP contribution < -0.4 is 5.32 Å². The van der Waals surface area contributed by atoms with Crippen molar-refractivity contribution in [3.05, 3.63) is 30.3 Å². The number of aliphatic hydroxyl groups excluding tert-OH is 3. The topological polar surface area (TPSA) is 115 Å². The molecule has 1 saturated carbocycles. The normalized spacial score (nSPS) is 39.1. The Morgan fingerprint density at radius 2 is 1.95 bits per heavy atom. The van der Waals surface area contributed by atoms with Crippen molar-refractivity contribution in [3.63, 3.8) is 0 Å². The second-order valence-corrected chi connectivity index (χ2v) is 5.04. The van der Waals surface area contributed by atoms with Crippen LogP contribution in [-0.4, -0.2) is 63.0 Å². The maximum atomic E-state index is 10.2. The van der Waals surface area contributed by atoms with Gasteiger partial charge in [-0.1, -0.05) is 18.2 Å². The van der Waals surface area contributed by atoms with Gasteiger partial charge >= 0.3 is 0 Å². The van der Waals surface area contributed by atoms with Crippen LogP contribution in [0.5, 0.6) is 0 Å². The van der Waals surface area contributed by atoms with Crippen molar-refractivity contribution in [1.29, 1.82) is 0 Å². The summed E-state index contributed by atoms with van der Waals surface area (Å²) in [5.41, 5.74) is -1.15. The fourth-order valence-corrected chi connectivity index (χ4v) is 2.62. The zero-order valence-corrected chi connectivity index (χ0v) is 10.5. The molecule has 5 atom stereocenters. The van der Waals surface area contributed by atoms with E-state index in [0.717, 1.165) is 5.69 Å². The zero-order chi connectivity index (χ0) is 14.3. The van der Waals surface area contributed by atoms with Gasteiger partial charge in [-0.25, -0.2) is 4.99 Å². The summed E-state index contributed by atoms with van der Waals surface area (Å²) in [5.74, 6) is 0. The van der Waals surface area contributed by atoms with Crippen molar-refractivity contribution in [2.75, 3.05) is 11.9 Å². The van der Waals surface area contributed by atoms with Crippen molar-refractivity contribution in [3.8, 4) is 0 Å². The maximum Gasteiger partial charge on any atom is 0.290 e. The molecule has 0 unspecified atom stereocenters. The molecular formula is C13H16N2O5. The van der Waals surface area contributed by atoms with Gasteiger partial charge in [0.05, 0.1) is 6.61 Å². The molecule has 1 heterocycles.